The number of halogens is 1. The van der Waals surface area contributed by atoms with Crippen LogP contribution < -0.4 is 4.74 Å². The highest BCUT2D eigenvalue weighted by atomic mass is 35.5. The zero-order valence-electron chi connectivity index (χ0n) is 9.43. The predicted octanol–water partition coefficient (Wildman–Crippen LogP) is 3.36. The number of rotatable bonds is 3. The van der Waals surface area contributed by atoms with Gasteiger partial charge in [0, 0.05) is 5.02 Å². The zero-order valence-corrected chi connectivity index (χ0v) is 10.2. The number of aliphatic carboxylic acids is 1. The van der Waals surface area contributed by atoms with E-state index >= 15 is 0 Å². The minimum absolute atomic E-state index is 0.115. The summed E-state index contributed by atoms with van der Waals surface area (Å²) in [4.78, 5) is 10.8. The first kappa shape index (κ1) is 12.2. The SMILES string of the molecule is O=C(O)C1CCC(Oc2cccc(Cl)c2)CC1. The van der Waals surface area contributed by atoms with E-state index in [9.17, 15) is 4.79 Å². The van der Waals surface area contributed by atoms with Gasteiger partial charge in [0.25, 0.3) is 0 Å². The van der Waals surface area contributed by atoms with E-state index in [1.165, 1.54) is 0 Å². The number of carboxylic acid groups (broad SMARTS) is 1. The molecule has 1 aromatic carbocycles. The summed E-state index contributed by atoms with van der Waals surface area (Å²) in [7, 11) is 0. The molecule has 1 saturated carbocycles. The van der Waals surface area contributed by atoms with Gasteiger partial charge in [-0.15, -0.1) is 0 Å². The maximum atomic E-state index is 10.8. The standard InChI is InChI=1S/C13H15ClO3/c14-10-2-1-3-12(8-10)17-11-6-4-9(5-7-11)13(15)16/h1-3,8-9,11H,4-7H2,(H,15,16). The van der Waals surface area contributed by atoms with Gasteiger partial charge in [0.1, 0.15) is 5.75 Å². The topological polar surface area (TPSA) is 46.5 Å². The molecule has 0 aromatic heterocycles. The normalized spacial score (nSPS) is 24.3. The van der Waals surface area contributed by atoms with E-state index in [2.05, 4.69) is 0 Å². The third-order valence-electron chi connectivity index (χ3n) is 3.12. The van der Waals surface area contributed by atoms with Crippen molar-refractivity contribution in [2.75, 3.05) is 0 Å². The van der Waals surface area contributed by atoms with Crippen LogP contribution in [0.2, 0.25) is 5.02 Å². The molecule has 0 unspecified atom stereocenters. The summed E-state index contributed by atoms with van der Waals surface area (Å²) in [5.41, 5.74) is 0. The Kier molecular flexibility index (Phi) is 3.89. The molecule has 1 aliphatic rings. The van der Waals surface area contributed by atoms with E-state index in [1.54, 1.807) is 12.1 Å². The van der Waals surface area contributed by atoms with Gasteiger partial charge < -0.3 is 9.84 Å². The van der Waals surface area contributed by atoms with Crippen molar-refractivity contribution in [1.82, 2.24) is 0 Å². The van der Waals surface area contributed by atoms with Gasteiger partial charge in [0.15, 0.2) is 0 Å². The number of benzene rings is 1. The molecule has 0 aliphatic heterocycles. The van der Waals surface area contributed by atoms with Crippen molar-refractivity contribution in [3.8, 4) is 5.75 Å². The van der Waals surface area contributed by atoms with Crippen molar-refractivity contribution in [3.63, 3.8) is 0 Å². The summed E-state index contributed by atoms with van der Waals surface area (Å²) in [5.74, 6) is -0.128. The van der Waals surface area contributed by atoms with Crippen LogP contribution in [0.15, 0.2) is 24.3 Å². The molecule has 92 valence electrons. The molecule has 1 N–H and O–H groups in total. The summed E-state index contributed by atoms with van der Waals surface area (Å²) in [5, 5.41) is 9.55. The van der Waals surface area contributed by atoms with Gasteiger partial charge in [-0.05, 0) is 43.9 Å². The Morgan fingerprint density at radius 2 is 2.00 bits per heavy atom. The third-order valence-corrected chi connectivity index (χ3v) is 3.36. The minimum atomic E-state index is -0.689. The van der Waals surface area contributed by atoms with Crippen molar-refractivity contribution in [2.24, 2.45) is 5.92 Å². The second-order valence-electron chi connectivity index (χ2n) is 4.39. The molecule has 0 spiro atoms. The van der Waals surface area contributed by atoms with Gasteiger partial charge >= 0.3 is 5.97 Å². The molecule has 0 atom stereocenters. The van der Waals surface area contributed by atoms with Crippen LogP contribution in [0.4, 0.5) is 0 Å². The quantitative estimate of drug-likeness (QED) is 0.900. The molecule has 0 amide bonds. The van der Waals surface area contributed by atoms with E-state index < -0.39 is 5.97 Å². The Balaban J connectivity index is 1.88. The molecule has 0 heterocycles. The zero-order chi connectivity index (χ0) is 12.3. The molecular weight excluding hydrogens is 240 g/mol. The number of carboxylic acids is 1. The highest BCUT2D eigenvalue weighted by Gasteiger charge is 2.26. The first-order chi connectivity index (χ1) is 8.15. The molecule has 0 bridgehead atoms. The summed E-state index contributed by atoms with van der Waals surface area (Å²) in [6.45, 7) is 0. The molecule has 17 heavy (non-hydrogen) atoms. The number of ether oxygens (including phenoxy) is 1. The second-order valence-corrected chi connectivity index (χ2v) is 4.82. The summed E-state index contributed by atoms with van der Waals surface area (Å²) < 4.78 is 5.79. The summed E-state index contributed by atoms with van der Waals surface area (Å²) in [6, 6.07) is 7.30. The highest BCUT2D eigenvalue weighted by Crippen LogP contribution is 2.28. The van der Waals surface area contributed by atoms with Crippen LogP contribution in [0, 0.1) is 5.92 Å². The van der Waals surface area contributed by atoms with Crippen molar-refractivity contribution in [2.45, 2.75) is 31.8 Å². The van der Waals surface area contributed by atoms with Crippen molar-refractivity contribution < 1.29 is 14.6 Å². The maximum absolute atomic E-state index is 10.8. The molecule has 4 heteroatoms. The lowest BCUT2D eigenvalue weighted by Gasteiger charge is -2.26. The molecule has 0 radical (unpaired) electrons. The van der Waals surface area contributed by atoms with Crippen LogP contribution in [0.1, 0.15) is 25.7 Å². The fourth-order valence-electron chi connectivity index (χ4n) is 2.16. The van der Waals surface area contributed by atoms with Crippen molar-refractivity contribution in [3.05, 3.63) is 29.3 Å². The highest BCUT2D eigenvalue weighted by molar-refractivity contribution is 6.30. The predicted molar refractivity (Wildman–Crippen MR) is 65.5 cm³/mol. The fourth-order valence-corrected chi connectivity index (χ4v) is 2.34. The lowest BCUT2D eigenvalue weighted by Crippen LogP contribution is -2.27. The van der Waals surface area contributed by atoms with Gasteiger partial charge in [0.2, 0.25) is 0 Å². The molecule has 1 fully saturated rings. The van der Waals surface area contributed by atoms with Gasteiger partial charge in [-0.2, -0.15) is 0 Å². The first-order valence-corrected chi connectivity index (χ1v) is 6.18. The van der Waals surface area contributed by atoms with Gasteiger partial charge in [0.05, 0.1) is 12.0 Å². The van der Waals surface area contributed by atoms with Gasteiger partial charge in [-0.3, -0.25) is 4.79 Å². The molecule has 1 aromatic rings. The smallest absolute Gasteiger partial charge is 0.306 e. The lowest BCUT2D eigenvalue weighted by molar-refractivity contribution is -0.143. The Morgan fingerprint density at radius 3 is 2.59 bits per heavy atom. The Bertz CT molecular complexity index is 397. The van der Waals surface area contributed by atoms with Crippen molar-refractivity contribution >= 4 is 17.6 Å². The Labute approximate surface area is 105 Å². The molecular formula is C13H15ClO3. The third kappa shape index (κ3) is 3.37. The fraction of sp³-hybridized carbons (Fsp3) is 0.462. The summed E-state index contributed by atoms with van der Waals surface area (Å²) in [6.07, 6.45) is 3.10. The number of carbonyl (C=O) groups is 1. The molecule has 0 saturated heterocycles. The van der Waals surface area contributed by atoms with Crippen LogP contribution in [-0.4, -0.2) is 17.2 Å². The van der Waals surface area contributed by atoms with Crippen molar-refractivity contribution in [1.29, 1.82) is 0 Å². The average Bonchev–Trinajstić information content (AvgIpc) is 2.29. The van der Waals surface area contributed by atoms with E-state index in [1.807, 2.05) is 12.1 Å². The van der Waals surface area contributed by atoms with Crippen LogP contribution in [0.3, 0.4) is 0 Å². The van der Waals surface area contributed by atoms with E-state index in [0.29, 0.717) is 17.9 Å². The Morgan fingerprint density at radius 1 is 1.29 bits per heavy atom. The van der Waals surface area contributed by atoms with Crippen LogP contribution in [-0.2, 0) is 4.79 Å². The maximum Gasteiger partial charge on any atom is 0.306 e. The summed E-state index contributed by atoms with van der Waals surface area (Å²) >= 11 is 5.87. The average molecular weight is 255 g/mol. The van der Waals surface area contributed by atoms with Crippen LogP contribution in [0.25, 0.3) is 0 Å². The molecule has 3 nitrogen and oxygen atoms in total. The molecule has 2 rings (SSSR count). The van der Waals surface area contributed by atoms with Gasteiger partial charge in [-0.1, -0.05) is 17.7 Å². The van der Waals surface area contributed by atoms with E-state index in [4.69, 9.17) is 21.4 Å². The Hall–Kier alpha value is -1.22. The number of hydrogen-bond acceptors (Lipinski definition) is 2. The van der Waals surface area contributed by atoms with Gasteiger partial charge in [-0.25, -0.2) is 0 Å². The first-order valence-electron chi connectivity index (χ1n) is 5.80. The minimum Gasteiger partial charge on any atom is -0.490 e. The largest absolute Gasteiger partial charge is 0.490 e. The lowest BCUT2D eigenvalue weighted by atomic mass is 9.87. The van der Waals surface area contributed by atoms with Crippen LogP contribution in [0.5, 0.6) is 5.75 Å². The second kappa shape index (κ2) is 5.41. The van der Waals surface area contributed by atoms with E-state index in [-0.39, 0.29) is 12.0 Å². The molecule has 1 aliphatic carbocycles. The van der Waals surface area contributed by atoms with E-state index in [0.717, 1.165) is 18.6 Å². The monoisotopic (exact) mass is 254 g/mol. The van der Waals surface area contributed by atoms with Crippen LogP contribution >= 0.6 is 11.6 Å². The number of hydrogen-bond donors (Lipinski definition) is 1.